The molecule has 0 radical (unpaired) electrons. The van der Waals surface area contributed by atoms with Crippen LogP contribution in [0.5, 0.6) is 0 Å². The van der Waals surface area contributed by atoms with Gasteiger partial charge in [-0.25, -0.2) is 4.79 Å². The Kier molecular flexibility index (Phi) is 4.40. The third-order valence-electron chi connectivity index (χ3n) is 1.57. The highest BCUT2D eigenvalue weighted by Crippen LogP contribution is 2.11. The second-order valence-corrected chi connectivity index (χ2v) is 2.27. The minimum Gasteiger partial charge on any atom is -0.467 e. The molecule has 0 aromatic heterocycles. The van der Waals surface area contributed by atoms with Crippen molar-refractivity contribution in [3.63, 3.8) is 0 Å². The van der Waals surface area contributed by atoms with Crippen molar-refractivity contribution in [2.24, 2.45) is 5.73 Å². The van der Waals surface area contributed by atoms with Crippen molar-refractivity contribution in [3.05, 3.63) is 0 Å². The molecule has 2 N–H and O–H groups in total. The van der Waals surface area contributed by atoms with Gasteiger partial charge in [-0.1, -0.05) is 0 Å². The molecule has 0 spiro atoms. The minimum atomic E-state index is -0.537. The molecule has 0 amide bonds. The highest BCUT2D eigenvalue weighted by Gasteiger charge is 2.31. The number of hydrogen-bond acceptors (Lipinski definition) is 4. The molecule has 1 heterocycles. The fraction of sp³-hybridized carbons (Fsp3) is 0.833. The zero-order valence-corrected chi connectivity index (χ0v) is 7.10. The lowest BCUT2D eigenvalue weighted by Crippen LogP contribution is -2.37. The van der Waals surface area contributed by atoms with Gasteiger partial charge >= 0.3 is 5.97 Å². The van der Waals surface area contributed by atoms with E-state index in [0.29, 0.717) is 6.61 Å². The lowest BCUT2D eigenvalue weighted by Gasteiger charge is -2.10. The van der Waals surface area contributed by atoms with Crippen molar-refractivity contribution < 1.29 is 14.3 Å². The number of esters is 1. The van der Waals surface area contributed by atoms with Crippen molar-refractivity contribution in [2.45, 2.75) is 18.6 Å². The third kappa shape index (κ3) is 2.32. The van der Waals surface area contributed by atoms with Gasteiger partial charge < -0.3 is 15.2 Å². The summed E-state index contributed by atoms with van der Waals surface area (Å²) in [5, 5.41) is 0. The Bertz CT molecular complexity index is 142. The third-order valence-corrected chi connectivity index (χ3v) is 1.57. The lowest BCUT2D eigenvalue weighted by molar-refractivity contribution is -0.151. The average molecular weight is 182 g/mol. The number of hydrogen-bond donors (Lipinski definition) is 1. The summed E-state index contributed by atoms with van der Waals surface area (Å²) in [5.41, 5.74) is 5.53. The molecule has 1 aliphatic heterocycles. The Morgan fingerprint density at radius 1 is 1.73 bits per heavy atom. The van der Waals surface area contributed by atoms with Gasteiger partial charge in [-0.2, -0.15) is 0 Å². The molecule has 1 aliphatic rings. The van der Waals surface area contributed by atoms with E-state index in [1.54, 1.807) is 0 Å². The maximum Gasteiger partial charge on any atom is 0.336 e. The van der Waals surface area contributed by atoms with E-state index in [-0.39, 0.29) is 24.4 Å². The minimum absolute atomic E-state index is 0. The Morgan fingerprint density at radius 3 is 2.73 bits per heavy atom. The van der Waals surface area contributed by atoms with Crippen LogP contribution in [0.4, 0.5) is 0 Å². The van der Waals surface area contributed by atoms with E-state index in [0.717, 1.165) is 6.42 Å². The van der Waals surface area contributed by atoms with Crippen molar-refractivity contribution in [3.8, 4) is 0 Å². The predicted molar refractivity (Wildman–Crippen MR) is 41.6 cm³/mol. The number of carbonyl (C=O) groups excluding carboxylic acids is 1. The van der Waals surface area contributed by atoms with Crippen LogP contribution in [0.2, 0.25) is 0 Å². The van der Waals surface area contributed by atoms with E-state index in [4.69, 9.17) is 10.5 Å². The monoisotopic (exact) mass is 181 g/mol. The summed E-state index contributed by atoms with van der Waals surface area (Å²) in [6, 6.07) is -0.188. The molecule has 1 fully saturated rings. The van der Waals surface area contributed by atoms with Crippen molar-refractivity contribution in [2.75, 3.05) is 13.7 Å². The first kappa shape index (κ1) is 10.7. The van der Waals surface area contributed by atoms with Crippen LogP contribution in [0.15, 0.2) is 0 Å². The number of carbonyl (C=O) groups is 1. The standard InChI is InChI=1S/C6H11NO3.ClH/c1-9-6(8)5-4(7)2-3-10-5;/h4-5H,2-3,7H2,1H3;1H/t4-,5-;/m1./s1. The SMILES string of the molecule is COC(=O)[C@@H]1OCC[C@H]1N.Cl. The highest BCUT2D eigenvalue weighted by atomic mass is 35.5. The highest BCUT2D eigenvalue weighted by molar-refractivity contribution is 5.85. The molecule has 0 bridgehead atoms. The van der Waals surface area contributed by atoms with E-state index >= 15 is 0 Å². The van der Waals surface area contributed by atoms with Crippen LogP contribution in [0, 0.1) is 0 Å². The predicted octanol–water partition coefficient (Wildman–Crippen LogP) is -0.303. The van der Waals surface area contributed by atoms with Gasteiger partial charge in [0.15, 0.2) is 6.10 Å². The number of nitrogens with two attached hydrogens (primary N) is 1. The summed E-state index contributed by atoms with van der Waals surface area (Å²) in [4.78, 5) is 10.8. The quantitative estimate of drug-likeness (QED) is 0.565. The number of ether oxygens (including phenoxy) is 2. The molecule has 5 heteroatoms. The van der Waals surface area contributed by atoms with Crippen LogP contribution in [0.25, 0.3) is 0 Å². The molecule has 66 valence electrons. The molecule has 0 aliphatic carbocycles. The summed E-state index contributed by atoms with van der Waals surface area (Å²) >= 11 is 0. The van der Waals surface area contributed by atoms with Crippen LogP contribution in [-0.4, -0.2) is 31.8 Å². The first-order valence-corrected chi connectivity index (χ1v) is 3.20. The maximum absolute atomic E-state index is 10.8. The second kappa shape index (κ2) is 4.54. The van der Waals surface area contributed by atoms with Gasteiger partial charge in [-0.15, -0.1) is 12.4 Å². The molecule has 4 nitrogen and oxygen atoms in total. The van der Waals surface area contributed by atoms with Gasteiger partial charge in [0.2, 0.25) is 0 Å². The molecule has 2 atom stereocenters. The molecule has 1 rings (SSSR count). The van der Waals surface area contributed by atoms with Gasteiger partial charge in [0.05, 0.1) is 7.11 Å². The van der Waals surface area contributed by atoms with Gasteiger partial charge in [0.25, 0.3) is 0 Å². The molecule has 0 aromatic carbocycles. The first-order valence-electron chi connectivity index (χ1n) is 3.20. The van der Waals surface area contributed by atoms with Crippen LogP contribution < -0.4 is 5.73 Å². The Morgan fingerprint density at radius 2 is 2.36 bits per heavy atom. The second-order valence-electron chi connectivity index (χ2n) is 2.27. The number of halogens is 1. The van der Waals surface area contributed by atoms with E-state index in [9.17, 15) is 4.79 Å². The van der Waals surface area contributed by atoms with Crippen LogP contribution in [-0.2, 0) is 14.3 Å². The largest absolute Gasteiger partial charge is 0.467 e. The Labute approximate surface area is 71.4 Å². The number of methoxy groups -OCH3 is 1. The van der Waals surface area contributed by atoms with Crippen molar-refractivity contribution >= 4 is 18.4 Å². The summed E-state index contributed by atoms with van der Waals surface area (Å²) in [6.07, 6.45) is 0.199. The molecular weight excluding hydrogens is 170 g/mol. The normalized spacial score (nSPS) is 29.3. The van der Waals surface area contributed by atoms with E-state index < -0.39 is 6.10 Å². The lowest BCUT2D eigenvalue weighted by atomic mass is 10.1. The van der Waals surface area contributed by atoms with Crippen LogP contribution in [0.3, 0.4) is 0 Å². The zero-order valence-electron chi connectivity index (χ0n) is 6.28. The van der Waals surface area contributed by atoms with Gasteiger partial charge in [-0.3, -0.25) is 0 Å². The molecule has 1 saturated heterocycles. The van der Waals surface area contributed by atoms with Gasteiger partial charge in [0, 0.05) is 12.6 Å². The fourth-order valence-electron chi connectivity index (χ4n) is 0.965. The Balaban J connectivity index is 0.000001000. The van der Waals surface area contributed by atoms with Crippen molar-refractivity contribution in [1.82, 2.24) is 0 Å². The van der Waals surface area contributed by atoms with E-state index in [2.05, 4.69) is 4.74 Å². The van der Waals surface area contributed by atoms with Crippen LogP contribution >= 0.6 is 12.4 Å². The van der Waals surface area contributed by atoms with E-state index in [1.165, 1.54) is 7.11 Å². The average Bonchev–Trinajstić information content (AvgIpc) is 2.34. The molecule has 0 aromatic rings. The summed E-state index contributed by atoms with van der Waals surface area (Å²) in [7, 11) is 1.33. The number of rotatable bonds is 1. The summed E-state index contributed by atoms with van der Waals surface area (Å²) < 4.78 is 9.48. The smallest absolute Gasteiger partial charge is 0.336 e. The summed E-state index contributed by atoms with van der Waals surface area (Å²) in [6.45, 7) is 0.556. The Hall–Kier alpha value is -0.320. The van der Waals surface area contributed by atoms with Crippen molar-refractivity contribution in [1.29, 1.82) is 0 Å². The first-order chi connectivity index (χ1) is 4.75. The van der Waals surface area contributed by atoms with Gasteiger partial charge in [-0.05, 0) is 6.42 Å². The molecule has 0 unspecified atom stereocenters. The van der Waals surface area contributed by atoms with Gasteiger partial charge in [0.1, 0.15) is 0 Å². The van der Waals surface area contributed by atoms with Crippen LogP contribution in [0.1, 0.15) is 6.42 Å². The summed E-state index contributed by atoms with van der Waals surface area (Å²) in [5.74, 6) is -0.370. The molecule has 0 saturated carbocycles. The maximum atomic E-state index is 10.8. The molecular formula is C6H12ClNO3. The molecule has 11 heavy (non-hydrogen) atoms. The topological polar surface area (TPSA) is 61.5 Å². The zero-order chi connectivity index (χ0) is 7.56. The fourth-order valence-corrected chi connectivity index (χ4v) is 0.965. The van der Waals surface area contributed by atoms with E-state index in [1.807, 2.05) is 0 Å².